The van der Waals surface area contributed by atoms with Crippen molar-refractivity contribution in [2.24, 2.45) is 0 Å². The Morgan fingerprint density at radius 3 is 2.41 bits per heavy atom. The van der Waals surface area contributed by atoms with E-state index in [1.807, 2.05) is 42.5 Å². The van der Waals surface area contributed by atoms with Gasteiger partial charge >= 0.3 is 12.1 Å². The summed E-state index contributed by atoms with van der Waals surface area (Å²) < 4.78 is 13.2. The van der Waals surface area contributed by atoms with Crippen LogP contribution in [0.1, 0.15) is 58.1 Å². The number of rotatable bonds is 10. The van der Waals surface area contributed by atoms with E-state index in [2.05, 4.69) is 35.1 Å². The second-order valence-electron chi connectivity index (χ2n) is 9.57. The van der Waals surface area contributed by atoms with Gasteiger partial charge in [-0.1, -0.05) is 68.3 Å². The molecule has 1 atom stereocenters. The first kappa shape index (κ1) is 25.3. The summed E-state index contributed by atoms with van der Waals surface area (Å²) in [6.07, 6.45) is 5.18. The van der Waals surface area contributed by atoms with Crippen LogP contribution in [-0.4, -0.2) is 28.3 Å². The molecule has 0 spiro atoms. The smallest absolute Gasteiger partial charge is 0.408 e. The molecule has 0 radical (unpaired) electrons. The Kier molecular flexibility index (Phi) is 8.74. The predicted molar refractivity (Wildman–Crippen MR) is 135 cm³/mol. The van der Waals surface area contributed by atoms with Crippen molar-refractivity contribution >= 4 is 23.0 Å². The van der Waals surface area contributed by atoms with E-state index in [0.29, 0.717) is 6.42 Å². The number of esters is 1. The van der Waals surface area contributed by atoms with E-state index >= 15 is 0 Å². The molecule has 1 unspecified atom stereocenters. The van der Waals surface area contributed by atoms with E-state index < -0.39 is 23.7 Å². The molecule has 6 nitrogen and oxygen atoms in total. The Hall–Kier alpha value is -3.28. The third kappa shape index (κ3) is 7.37. The van der Waals surface area contributed by atoms with Gasteiger partial charge in [-0.2, -0.15) is 0 Å². The molecule has 1 aromatic heterocycles. The van der Waals surface area contributed by atoms with Gasteiger partial charge in [0.25, 0.3) is 0 Å². The van der Waals surface area contributed by atoms with Gasteiger partial charge in [0.1, 0.15) is 18.2 Å². The van der Waals surface area contributed by atoms with Gasteiger partial charge in [0, 0.05) is 30.1 Å². The molecule has 3 rings (SSSR count). The molecule has 6 heteroatoms. The predicted octanol–water partition coefficient (Wildman–Crippen LogP) is 6.01. The first-order valence-electron chi connectivity index (χ1n) is 12.0. The van der Waals surface area contributed by atoms with Gasteiger partial charge in [0.15, 0.2) is 0 Å². The summed E-state index contributed by atoms with van der Waals surface area (Å²) >= 11 is 0. The number of benzene rings is 2. The highest BCUT2D eigenvalue weighted by atomic mass is 16.6. The first-order valence-corrected chi connectivity index (χ1v) is 12.0. The number of ether oxygens (including phenoxy) is 2. The van der Waals surface area contributed by atoms with Gasteiger partial charge in [-0.15, -0.1) is 0 Å². The fourth-order valence-electron chi connectivity index (χ4n) is 3.89. The summed E-state index contributed by atoms with van der Waals surface area (Å²) in [7, 11) is 0. The van der Waals surface area contributed by atoms with E-state index in [1.165, 1.54) is 0 Å². The summed E-state index contributed by atoms with van der Waals surface area (Å²) in [6.45, 7) is 8.62. The summed E-state index contributed by atoms with van der Waals surface area (Å²) in [6, 6.07) is 16.8. The van der Waals surface area contributed by atoms with E-state index in [0.717, 1.165) is 47.8 Å². The number of hydrogen-bond donors (Lipinski definition) is 1. The fraction of sp³-hybridized carbons (Fsp3) is 0.429. The van der Waals surface area contributed by atoms with Crippen LogP contribution in [0.3, 0.4) is 0 Å². The number of nitrogens with zero attached hydrogens (tertiary/aromatic N) is 1. The number of carbonyl (C=O) groups is 2. The Labute approximate surface area is 202 Å². The van der Waals surface area contributed by atoms with E-state index in [4.69, 9.17) is 9.47 Å². The van der Waals surface area contributed by atoms with Crippen molar-refractivity contribution in [2.75, 3.05) is 0 Å². The number of hydrogen-bond acceptors (Lipinski definition) is 4. The van der Waals surface area contributed by atoms with Crippen LogP contribution < -0.4 is 5.32 Å². The van der Waals surface area contributed by atoms with Gasteiger partial charge in [-0.3, -0.25) is 0 Å². The Morgan fingerprint density at radius 1 is 1.00 bits per heavy atom. The first-order chi connectivity index (χ1) is 16.3. The minimum Gasteiger partial charge on any atom is -0.459 e. The van der Waals surface area contributed by atoms with Crippen molar-refractivity contribution in [3.63, 3.8) is 0 Å². The maximum atomic E-state index is 13.1. The maximum Gasteiger partial charge on any atom is 0.408 e. The van der Waals surface area contributed by atoms with Crippen LogP contribution in [-0.2, 0) is 33.8 Å². The van der Waals surface area contributed by atoms with Crippen molar-refractivity contribution < 1.29 is 19.1 Å². The molecule has 1 amide bonds. The zero-order valence-corrected chi connectivity index (χ0v) is 20.7. The van der Waals surface area contributed by atoms with Crippen molar-refractivity contribution in [1.29, 1.82) is 0 Å². The molecule has 3 aromatic rings. The monoisotopic (exact) mass is 464 g/mol. The molecular formula is C28H36N2O4. The normalized spacial score (nSPS) is 12.4. The quantitative estimate of drug-likeness (QED) is 0.295. The lowest BCUT2D eigenvalue weighted by Gasteiger charge is -2.23. The van der Waals surface area contributed by atoms with E-state index in [9.17, 15) is 9.59 Å². The minimum absolute atomic E-state index is 0.144. The molecule has 182 valence electrons. The lowest BCUT2D eigenvalue weighted by Crippen LogP contribution is -2.45. The average Bonchev–Trinajstić information content (AvgIpc) is 3.14. The molecule has 1 N–H and O–H groups in total. The highest BCUT2D eigenvalue weighted by Crippen LogP contribution is 2.24. The number of alkyl carbamates (subject to hydrolysis) is 1. The number of aromatic nitrogens is 1. The number of unbranched alkanes of at least 4 members (excludes halogenated alkanes) is 2. The van der Waals surface area contributed by atoms with Gasteiger partial charge in [0.2, 0.25) is 0 Å². The number of para-hydroxylation sites is 1. The highest BCUT2D eigenvalue weighted by molar-refractivity contribution is 5.86. The van der Waals surface area contributed by atoms with Gasteiger partial charge in [0.05, 0.1) is 0 Å². The number of nitrogens with one attached hydrogen (secondary N) is 1. The Balaban J connectivity index is 1.81. The Morgan fingerprint density at radius 2 is 1.71 bits per heavy atom. The van der Waals surface area contributed by atoms with Crippen LogP contribution in [0.15, 0.2) is 60.8 Å². The summed E-state index contributed by atoms with van der Waals surface area (Å²) in [5.41, 5.74) is 2.34. The largest absolute Gasteiger partial charge is 0.459 e. The highest BCUT2D eigenvalue weighted by Gasteiger charge is 2.27. The van der Waals surface area contributed by atoms with Gasteiger partial charge < -0.3 is 19.4 Å². The molecule has 0 bridgehead atoms. The van der Waals surface area contributed by atoms with Crippen molar-refractivity contribution in [3.8, 4) is 0 Å². The lowest BCUT2D eigenvalue weighted by molar-refractivity contribution is -0.147. The molecule has 0 saturated carbocycles. The van der Waals surface area contributed by atoms with Crippen LogP contribution in [0.25, 0.3) is 10.9 Å². The second kappa shape index (κ2) is 11.7. The van der Waals surface area contributed by atoms with Crippen LogP contribution in [0, 0.1) is 0 Å². The SMILES string of the molecule is CCCCCn1cc(CC(NC(=O)OC(C)(C)C)C(=O)OCc2ccccc2)c2ccccc21. The minimum atomic E-state index is -0.867. The van der Waals surface area contributed by atoms with Gasteiger partial charge in [-0.05, 0) is 44.4 Å². The van der Waals surface area contributed by atoms with E-state index in [1.54, 1.807) is 20.8 Å². The van der Waals surface area contributed by atoms with Crippen molar-refractivity contribution in [3.05, 3.63) is 71.9 Å². The fourth-order valence-corrected chi connectivity index (χ4v) is 3.89. The van der Waals surface area contributed by atoms with Gasteiger partial charge in [-0.25, -0.2) is 9.59 Å². The van der Waals surface area contributed by atoms with Crippen LogP contribution in [0.4, 0.5) is 4.79 Å². The molecule has 1 heterocycles. The maximum absolute atomic E-state index is 13.1. The third-order valence-electron chi connectivity index (χ3n) is 5.50. The van der Waals surface area contributed by atoms with Crippen molar-refractivity contribution in [2.45, 2.75) is 78.2 Å². The molecule has 0 fully saturated rings. The Bertz CT molecular complexity index is 1080. The summed E-state index contributed by atoms with van der Waals surface area (Å²) in [5, 5.41) is 3.81. The number of amides is 1. The summed E-state index contributed by atoms with van der Waals surface area (Å²) in [5.74, 6) is -0.488. The van der Waals surface area contributed by atoms with Crippen LogP contribution >= 0.6 is 0 Å². The molecule has 34 heavy (non-hydrogen) atoms. The lowest BCUT2D eigenvalue weighted by atomic mass is 10.1. The standard InChI is InChI=1S/C28H36N2O4/c1-5-6-12-17-30-19-22(23-15-10-11-16-25(23)30)18-24(29-27(32)34-28(2,3)4)26(31)33-20-21-13-8-7-9-14-21/h7-11,13-16,19,24H,5-6,12,17-18,20H2,1-4H3,(H,29,32). The molecule has 0 saturated heterocycles. The molecule has 0 aliphatic rings. The number of carbonyl (C=O) groups excluding carboxylic acids is 2. The summed E-state index contributed by atoms with van der Waals surface area (Å²) in [4.78, 5) is 25.6. The number of fused-ring (bicyclic) bond motifs is 1. The topological polar surface area (TPSA) is 69.6 Å². The zero-order chi connectivity index (χ0) is 24.6. The van der Waals surface area contributed by atoms with Crippen molar-refractivity contribution in [1.82, 2.24) is 9.88 Å². The van der Waals surface area contributed by atoms with Crippen LogP contribution in [0.5, 0.6) is 0 Å². The molecule has 0 aliphatic heterocycles. The molecule has 2 aromatic carbocycles. The molecular weight excluding hydrogens is 428 g/mol. The third-order valence-corrected chi connectivity index (χ3v) is 5.50. The molecule has 0 aliphatic carbocycles. The second-order valence-corrected chi connectivity index (χ2v) is 9.57. The zero-order valence-electron chi connectivity index (χ0n) is 20.7. The number of aryl methyl sites for hydroxylation is 1. The average molecular weight is 465 g/mol. The van der Waals surface area contributed by atoms with E-state index in [-0.39, 0.29) is 6.61 Å². The van der Waals surface area contributed by atoms with Crippen LogP contribution in [0.2, 0.25) is 0 Å².